The van der Waals surface area contributed by atoms with Gasteiger partial charge >= 0.3 is 0 Å². The van der Waals surface area contributed by atoms with Gasteiger partial charge in [-0.3, -0.25) is 0 Å². The van der Waals surface area contributed by atoms with Gasteiger partial charge in [0.1, 0.15) is 12.4 Å². The molecule has 0 bridgehead atoms. The van der Waals surface area contributed by atoms with Crippen molar-refractivity contribution in [1.29, 1.82) is 0 Å². The van der Waals surface area contributed by atoms with Crippen molar-refractivity contribution in [2.24, 2.45) is 0 Å². The van der Waals surface area contributed by atoms with Gasteiger partial charge in [0.25, 0.3) is 0 Å². The first kappa shape index (κ1) is 12.7. The molecule has 0 aromatic heterocycles. The molecule has 1 heterocycles. The molecule has 1 aromatic rings. The average Bonchev–Trinajstić information content (AvgIpc) is 2.67. The molecule has 0 radical (unpaired) electrons. The minimum atomic E-state index is 0.0104. The highest BCUT2D eigenvalue weighted by Gasteiger charge is 2.31. The SMILES string of the molecule is CC1(C)CCC(COc2ccc(CCl)cc2)O1. The van der Waals surface area contributed by atoms with Crippen molar-refractivity contribution >= 4 is 11.6 Å². The van der Waals surface area contributed by atoms with Gasteiger partial charge in [-0.2, -0.15) is 0 Å². The maximum absolute atomic E-state index is 5.87. The minimum absolute atomic E-state index is 0.0104. The van der Waals surface area contributed by atoms with E-state index in [0.29, 0.717) is 12.5 Å². The molecule has 2 nitrogen and oxygen atoms in total. The maximum atomic E-state index is 5.87. The summed E-state index contributed by atoms with van der Waals surface area (Å²) in [5.41, 5.74) is 1.12. The Hall–Kier alpha value is -0.730. The zero-order chi connectivity index (χ0) is 12.3. The zero-order valence-corrected chi connectivity index (χ0v) is 11.2. The van der Waals surface area contributed by atoms with E-state index in [0.717, 1.165) is 24.2 Å². The van der Waals surface area contributed by atoms with E-state index >= 15 is 0 Å². The molecule has 1 atom stereocenters. The second-order valence-corrected chi connectivity index (χ2v) is 5.39. The van der Waals surface area contributed by atoms with Crippen LogP contribution >= 0.6 is 11.6 Å². The van der Waals surface area contributed by atoms with Crippen LogP contribution in [-0.2, 0) is 10.6 Å². The van der Waals surface area contributed by atoms with Crippen molar-refractivity contribution in [3.8, 4) is 5.75 Å². The molecular weight excluding hydrogens is 236 g/mol. The van der Waals surface area contributed by atoms with Gasteiger partial charge < -0.3 is 9.47 Å². The number of rotatable bonds is 4. The smallest absolute Gasteiger partial charge is 0.119 e. The third kappa shape index (κ3) is 3.62. The summed E-state index contributed by atoms with van der Waals surface area (Å²) in [7, 11) is 0. The van der Waals surface area contributed by atoms with Gasteiger partial charge in [-0.25, -0.2) is 0 Å². The number of alkyl halides is 1. The van der Waals surface area contributed by atoms with Gasteiger partial charge in [-0.15, -0.1) is 11.6 Å². The summed E-state index contributed by atoms with van der Waals surface area (Å²) in [5.74, 6) is 1.42. The summed E-state index contributed by atoms with van der Waals surface area (Å²) in [6.45, 7) is 4.88. The summed E-state index contributed by atoms with van der Waals surface area (Å²) >= 11 is 5.73. The monoisotopic (exact) mass is 254 g/mol. The Labute approximate surface area is 108 Å². The van der Waals surface area contributed by atoms with Crippen molar-refractivity contribution in [3.63, 3.8) is 0 Å². The Balaban J connectivity index is 1.82. The molecule has 3 heteroatoms. The first-order valence-electron chi connectivity index (χ1n) is 6.04. The predicted molar refractivity (Wildman–Crippen MR) is 69.7 cm³/mol. The zero-order valence-electron chi connectivity index (χ0n) is 10.4. The molecule has 17 heavy (non-hydrogen) atoms. The van der Waals surface area contributed by atoms with E-state index in [4.69, 9.17) is 21.1 Å². The average molecular weight is 255 g/mol. The Morgan fingerprint density at radius 2 is 2.06 bits per heavy atom. The summed E-state index contributed by atoms with van der Waals surface area (Å²) in [4.78, 5) is 0. The summed E-state index contributed by atoms with van der Waals surface area (Å²) in [6, 6.07) is 7.89. The Bertz CT molecular complexity index is 359. The lowest BCUT2D eigenvalue weighted by Gasteiger charge is -2.19. The van der Waals surface area contributed by atoms with Gasteiger partial charge in [0, 0.05) is 5.88 Å². The van der Waals surface area contributed by atoms with Gasteiger partial charge in [0.05, 0.1) is 11.7 Å². The predicted octanol–water partition coefficient (Wildman–Crippen LogP) is 3.76. The largest absolute Gasteiger partial charge is 0.491 e. The van der Waals surface area contributed by atoms with Crippen molar-refractivity contribution in [2.45, 2.75) is 44.3 Å². The Morgan fingerprint density at radius 1 is 1.35 bits per heavy atom. The van der Waals surface area contributed by atoms with Crippen molar-refractivity contribution < 1.29 is 9.47 Å². The molecular formula is C14H19ClO2. The van der Waals surface area contributed by atoms with E-state index in [1.165, 1.54) is 0 Å². The fourth-order valence-electron chi connectivity index (χ4n) is 2.06. The number of ether oxygens (including phenoxy) is 2. The second-order valence-electron chi connectivity index (χ2n) is 5.13. The van der Waals surface area contributed by atoms with Crippen LogP contribution in [0.5, 0.6) is 5.75 Å². The second kappa shape index (κ2) is 5.28. The molecule has 1 unspecified atom stereocenters. The molecule has 0 saturated carbocycles. The molecule has 1 saturated heterocycles. The highest BCUT2D eigenvalue weighted by Crippen LogP contribution is 2.29. The molecule has 2 rings (SSSR count). The van der Waals surface area contributed by atoms with Crippen LogP contribution in [0.2, 0.25) is 0 Å². The quantitative estimate of drug-likeness (QED) is 0.762. The standard InChI is InChI=1S/C14H19ClO2/c1-14(2)8-7-13(17-14)10-16-12-5-3-11(9-15)4-6-12/h3-6,13H,7-10H2,1-2H3. The third-order valence-electron chi connectivity index (χ3n) is 3.07. The minimum Gasteiger partial charge on any atom is -0.491 e. The third-order valence-corrected chi connectivity index (χ3v) is 3.38. The van der Waals surface area contributed by atoms with Crippen LogP contribution in [-0.4, -0.2) is 18.3 Å². The van der Waals surface area contributed by atoms with Crippen LogP contribution in [0.25, 0.3) is 0 Å². The molecule has 1 aliphatic heterocycles. The first-order chi connectivity index (χ1) is 8.09. The van der Waals surface area contributed by atoms with Crippen LogP contribution in [0.1, 0.15) is 32.3 Å². The van der Waals surface area contributed by atoms with E-state index in [-0.39, 0.29) is 11.7 Å². The molecule has 0 spiro atoms. The topological polar surface area (TPSA) is 18.5 Å². The molecule has 0 aliphatic carbocycles. The fourth-order valence-corrected chi connectivity index (χ4v) is 2.24. The van der Waals surface area contributed by atoms with Gasteiger partial charge in [-0.05, 0) is 44.4 Å². The van der Waals surface area contributed by atoms with Crippen LogP contribution in [0.15, 0.2) is 24.3 Å². The summed E-state index contributed by atoms with van der Waals surface area (Å²) in [6.07, 6.45) is 2.40. The van der Waals surface area contributed by atoms with Crippen molar-refractivity contribution in [1.82, 2.24) is 0 Å². The molecule has 94 valence electrons. The van der Waals surface area contributed by atoms with Crippen LogP contribution in [0, 0.1) is 0 Å². The number of halogens is 1. The van der Waals surface area contributed by atoms with Gasteiger partial charge in [0.2, 0.25) is 0 Å². The normalized spacial score (nSPS) is 22.6. The molecule has 0 amide bonds. The highest BCUT2D eigenvalue weighted by atomic mass is 35.5. The number of hydrogen-bond donors (Lipinski definition) is 0. The number of hydrogen-bond acceptors (Lipinski definition) is 2. The Kier molecular flexibility index (Phi) is 3.95. The van der Waals surface area contributed by atoms with Crippen LogP contribution in [0.3, 0.4) is 0 Å². The van der Waals surface area contributed by atoms with E-state index < -0.39 is 0 Å². The van der Waals surface area contributed by atoms with Gasteiger partial charge in [-0.1, -0.05) is 12.1 Å². The van der Waals surface area contributed by atoms with Crippen LogP contribution in [0.4, 0.5) is 0 Å². The lowest BCUT2D eigenvalue weighted by molar-refractivity contribution is -0.0326. The fraction of sp³-hybridized carbons (Fsp3) is 0.571. The lowest BCUT2D eigenvalue weighted by Crippen LogP contribution is -2.23. The van der Waals surface area contributed by atoms with E-state index in [9.17, 15) is 0 Å². The highest BCUT2D eigenvalue weighted by molar-refractivity contribution is 6.17. The summed E-state index contributed by atoms with van der Waals surface area (Å²) < 4.78 is 11.6. The van der Waals surface area contributed by atoms with E-state index in [1.54, 1.807) is 0 Å². The molecule has 0 N–H and O–H groups in total. The maximum Gasteiger partial charge on any atom is 0.119 e. The first-order valence-corrected chi connectivity index (χ1v) is 6.58. The van der Waals surface area contributed by atoms with Crippen molar-refractivity contribution in [2.75, 3.05) is 6.61 Å². The lowest BCUT2D eigenvalue weighted by atomic mass is 10.1. The van der Waals surface area contributed by atoms with Gasteiger partial charge in [0.15, 0.2) is 0 Å². The van der Waals surface area contributed by atoms with E-state index in [2.05, 4.69) is 13.8 Å². The van der Waals surface area contributed by atoms with Crippen LogP contribution < -0.4 is 4.74 Å². The molecule has 1 fully saturated rings. The van der Waals surface area contributed by atoms with Crippen molar-refractivity contribution in [3.05, 3.63) is 29.8 Å². The number of benzene rings is 1. The molecule has 1 aromatic carbocycles. The van der Waals surface area contributed by atoms with E-state index in [1.807, 2.05) is 24.3 Å². The molecule has 1 aliphatic rings. The summed E-state index contributed by atoms with van der Waals surface area (Å²) in [5, 5.41) is 0. The Morgan fingerprint density at radius 3 is 2.59 bits per heavy atom.